The third kappa shape index (κ3) is 8.16. The topological polar surface area (TPSA) is 301 Å². The van der Waals surface area contributed by atoms with Crippen molar-refractivity contribution in [3.8, 4) is 11.5 Å². The summed E-state index contributed by atoms with van der Waals surface area (Å²) in [5.74, 6) is -5.33. The van der Waals surface area contributed by atoms with Crippen molar-refractivity contribution in [3.63, 3.8) is 0 Å². The molecule has 0 aliphatic carbocycles. The van der Waals surface area contributed by atoms with Gasteiger partial charge in [0.2, 0.25) is 0 Å². The molecular formula is C25H22N10O10S4. The molecule has 24 heteroatoms. The molecule has 2 atom stereocenters. The van der Waals surface area contributed by atoms with E-state index in [9.17, 15) is 44.1 Å². The van der Waals surface area contributed by atoms with E-state index in [2.05, 4.69) is 25.7 Å². The molecule has 0 saturated carbocycles. The van der Waals surface area contributed by atoms with Gasteiger partial charge in [-0.2, -0.15) is 0 Å². The number of β-lactam (4-membered cyclic amide) rings is 1. The van der Waals surface area contributed by atoms with Crippen LogP contribution in [0, 0.1) is 0 Å². The molecule has 0 bridgehead atoms. The molecule has 1 saturated heterocycles. The fraction of sp³-hybridized carbons (Fsp3) is 0.200. The number of oxime groups is 1. The van der Waals surface area contributed by atoms with Crippen LogP contribution in [0.25, 0.3) is 0 Å². The van der Waals surface area contributed by atoms with Crippen LogP contribution in [-0.4, -0.2) is 106 Å². The summed E-state index contributed by atoms with van der Waals surface area (Å²) in [7, 11) is 0. The third-order valence-corrected chi connectivity index (χ3v) is 10.3. The lowest BCUT2D eigenvalue weighted by molar-refractivity contribution is -0.150. The summed E-state index contributed by atoms with van der Waals surface area (Å²) in [5.41, 5.74) is 10.8. The number of thiazole rings is 1. The van der Waals surface area contributed by atoms with Crippen molar-refractivity contribution in [2.75, 3.05) is 23.8 Å². The summed E-state index contributed by atoms with van der Waals surface area (Å²) in [5, 5.41) is 45.2. The number of imide groups is 1. The Balaban J connectivity index is 1.17. The van der Waals surface area contributed by atoms with Crippen molar-refractivity contribution in [2.24, 2.45) is 5.16 Å². The number of urea groups is 1. The van der Waals surface area contributed by atoms with Crippen LogP contribution in [0.5, 0.6) is 11.5 Å². The summed E-state index contributed by atoms with van der Waals surface area (Å²) in [6, 6.07) is 0.818. The number of carboxylic acids is 1. The van der Waals surface area contributed by atoms with Gasteiger partial charge in [-0.25, -0.2) is 20.0 Å². The number of phenolic OH excluding ortho intramolecular Hbond substituents is 2. The van der Waals surface area contributed by atoms with Crippen molar-refractivity contribution >= 4 is 92.7 Å². The molecule has 5 rings (SSSR count). The monoisotopic (exact) mass is 750 g/mol. The number of hydrazine groups is 1. The third-order valence-electron chi connectivity index (χ3n) is 6.36. The minimum atomic E-state index is -1.29. The van der Waals surface area contributed by atoms with Gasteiger partial charge in [0.05, 0.1) is 0 Å². The molecule has 9 N–H and O–H groups in total. The fourth-order valence-electron chi connectivity index (χ4n) is 4.17. The van der Waals surface area contributed by atoms with Crippen molar-refractivity contribution < 1.29 is 48.9 Å². The number of thioether (sulfide) groups is 2. The number of hydrogen-bond acceptors (Lipinski definition) is 18. The highest BCUT2D eigenvalue weighted by Gasteiger charge is 2.54. The molecule has 3 aromatic rings. The average molecular weight is 751 g/mol. The Morgan fingerprint density at radius 1 is 1.14 bits per heavy atom. The Bertz CT molecular complexity index is 1880. The molecule has 4 heterocycles. The maximum absolute atomic E-state index is 13.3. The van der Waals surface area contributed by atoms with Gasteiger partial charge in [-0.1, -0.05) is 28.3 Å². The first-order valence-electron chi connectivity index (χ1n) is 13.4. The number of carbonyl (C=O) groups is 6. The number of fused-ring (bicyclic) bond motifs is 1. The SMILES string of the molecule is Nc1nc(C(=NOCC(=O)NNC(=O)NC(=O)c2ccc(O)c(O)c2)C(=O)NC2C(=O)N3C(C(=O)O)=C(CSc4nncs4)CS[C@@H]23)cs1. The average Bonchev–Trinajstić information content (AvgIpc) is 3.76. The van der Waals surface area contributed by atoms with E-state index >= 15 is 0 Å². The van der Waals surface area contributed by atoms with Crippen LogP contribution in [0.4, 0.5) is 9.93 Å². The second kappa shape index (κ2) is 15.2. The van der Waals surface area contributed by atoms with Gasteiger partial charge in [0.15, 0.2) is 33.3 Å². The second-order valence-corrected chi connectivity index (χ2v) is 13.6. The quantitative estimate of drug-likeness (QED) is 0.0399. The number of anilines is 1. The Kier molecular flexibility index (Phi) is 10.8. The molecular weight excluding hydrogens is 729 g/mol. The molecule has 49 heavy (non-hydrogen) atoms. The van der Waals surface area contributed by atoms with Gasteiger partial charge in [-0.3, -0.25) is 34.8 Å². The first kappa shape index (κ1) is 34.9. The second-order valence-electron chi connectivity index (χ2n) is 9.56. The van der Waals surface area contributed by atoms with Crippen LogP contribution in [0.1, 0.15) is 16.1 Å². The Labute approximate surface area is 290 Å². The van der Waals surface area contributed by atoms with E-state index in [0.717, 1.165) is 34.4 Å². The van der Waals surface area contributed by atoms with Gasteiger partial charge in [-0.15, -0.1) is 33.3 Å². The maximum atomic E-state index is 13.3. The zero-order valence-corrected chi connectivity index (χ0v) is 27.6. The first-order chi connectivity index (χ1) is 23.4. The van der Waals surface area contributed by atoms with Crippen LogP contribution in [0.15, 0.2) is 49.9 Å². The molecule has 20 nitrogen and oxygen atoms in total. The Morgan fingerprint density at radius 2 is 1.94 bits per heavy atom. The first-order valence-corrected chi connectivity index (χ1v) is 17.2. The molecule has 6 amide bonds. The van der Waals surface area contributed by atoms with Crippen LogP contribution in [-0.2, 0) is 24.0 Å². The Hall–Kier alpha value is -5.46. The lowest BCUT2D eigenvalue weighted by Gasteiger charge is -2.49. The number of carbonyl (C=O) groups excluding carboxylic acids is 5. The zero-order valence-electron chi connectivity index (χ0n) is 24.3. The molecule has 2 aromatic heterocycles. The number of rotatable bonds is 11. The normalized spacial score (nSPS) is 17.0. The van der Waals surface area contributed by atoms with Gasteiger partial charge >= 0.3 is 12.0 Å². The lowest BCUT2D eigenvalue weighted by atomic mass is 10.0. The van der Waals surface area contributed by atoms with Gasteiger partial charge < -0.3 is 31.2 Å². The number of phenols is 2. The van der Waals surface area contributed by atoms with E-state index in [4.69, 9.17) is 10.6 Å². The number of aromatic hydroxyl groups is 2. The van der Waals surface area contributed by atoms with Crippen molar-refractivity contribution in [1.29, 1.82) is 0 Å². The molecule has 256 valence electrons. The van der Waals surface area contributed by atoms with E-state index in [1.54, 1.807) is 5.51 Å². The molecule has 0 spiro atoms. The number of nitrogens with two attached hydrogens (primary N) is 1. The number of nitrogens with zero attached hydrogens (tertiary/aromatic N) is 5. The van der Waals surface area contributed by atoms with Crippen LogP contribution < -0.4 is 27.2 Å². The number of amides is 6. The maximum Gasteiger partial charge on any atom is 0.352 e. The molecule has 2 aliphatic heterocycles. The molecule has 1 unspecified atom stereocenters. The number of carboxylic acid groups (broad SMARTS) is 1. The predicted molar refractivity (Wildman–Crippen MR) is 173 cm³/mol. The number of aromatic nitrogens is 3. The molecule has 2 aliphatic rings. The minimum absolute atomic E-state index is 0.0428. The van der Waals surface area contributed by atoms with E-state index in [1.165, 1.54) is 40.2 Å². The van der Waals surface area contributed by atoms with E-state index in [-0.39, 0.29) is 33.6 Å². The van der Waals surface area contributed by atoms with Crippen molar-refractivity contribution in [3.05, 3.63) is 51.6 Å². The standard InChI is InChI=1S/C25H22N10O10S4/c26-23-28-11(7-47-23)15(34-45-4-14(38)31-32-24(44)30-18(39)9-1-2-12(36)13(37)3-9)19(40)29-16-20(41)35-17(22(42)43)10(5-46-21(16)35)6-48-25-33-27-8-49-25/h1-3,7-8,16,21,36-37H,4-6H2,(H2,26,28)(H,29,40)(H,31,38)(H,42,43)(H2,30,32,39,44)/t16?,21-/m0/s1. The lowest BCUT2D eigenvalue weighted by Crippen LogP contribution is -2.71. The van der Waals surface area contributed by atoms with Crippen LogP contribution in [0.2, 0.25) is 0 Å². The number of aliphatic carboxylic acids is 1. The van der Waals surface area contributed by atoms with E-state index < -0.39 is 70.9 Å². The van der Waals surface area contributed by atoms with Crippen LogP contribution in [0.3, 0.4) is 0 Å². The van der Waals surface area contributed by atoms with Gasteiger partial charge in [0.25, 0.3) is 23.6 Å². The van der Waals surface area contributed by atoms with E-state index in [0.29, 0.717) is 9.91 Å². The van der Waals surface area contributed by atoms with E-state index in [1.807, 2.05) is 16.2 Å². The minimum Gasteiger partial charge on any atom is -0.504 e. The number of hydrogen-bond donors (Lipinski definition) is 8. The highest BCUT2D eigenvalue weighted by molar-refractivity contribution is 8.01. The molecule has 0 radical (unpaired) electrons. The van der Waals surface area contributed by atoms with Crippen molar-refractivity contribution in [2.45, 2.75) is 15.8 Å². The Morgan fingerprint density at radius 3 is 2.61 bits per heavy atom. The fourth-order valence-corrected chi connectivity index (χ4v) is 7.69. The molecule has 1 aromatic carbocycles. The number of benzene rings is 1. The summed E-state index contributed by atoms with van der Waals surface area (Å²) in [6.07, 6.45) is 0. The highest BCUT2D eigenvalue weighted by atomic mass is 32.2. The van der Waals surface area contributed by atoms with Gasteiger partial charge in [-0.05, 0) is 23.8 Å². The molecule has 1 fully saturated rings. The summed E-state index contributed by atoms with van der Waals surface area (Å²) >= 11 is 4.82. The van der Waals surface area contributed by atoms with Crippen LogP contribution >= 0.6 is 46.2 Å². The van der Waals surface area contributed by atoms with Gasteiger partial charge in [0.1, 0.15) is 28.3 Å². The predicted octanol–water partition coefficient (Wildman–Crippen LogP) is -0.590. The summed E-state index contributed by atoms with van der Waals surface area (Å²) in [4.78, 5) is 84.9. The zero-order chi connectivity index (χ0) is 35.2. The van der Waals surface area contributed by atoms with Crippen molar-refractivity contribution in [1.82, 2.24) is 41.6 Å². The van der Waals surface area contributed by atoms with Gasteiger partial charge in [0, 0.05) is 22.4 Å². The summed E-state index contributed by atoms with van der Waals surface area (Å²) < 4.78 is 0.640. The summed E-state index contributed by atoms with van der Waals surface area (Å²) in [6.45, 7) is -0.838. The number of nitrogens with one attached hydrogen (secondary N) is 4. The number of nitrogen functional groups attached to an aromatic ring is 1. The smallest absolute Gasteiger partial charge is 0.352 e. The largest absolute Gasteiger partial charge is 0.504 e. The highest BCUT2D eigenvalue weighted by Crippen LogP contribution is 2.41.